The molecule has 5 heteroatoms. The van der Waals surface area contributed by atoms with Gasteiger partial charge >= 0.3 is 0 Å². The average Bonchev–Trinajstić information content (AvgIpc) is 2.90. The molecular formula is C18H28N2O3. The van der Waals surface area contributed by atoms with E-state index < -0.39 is 6.29 Å². The second-order valence-corrected chi connectivity index (χ2v) is 6.48. The van der Waals surface area contributed by atoms with Gasteiger partial charge in [-0.25, -0.2) is 0 Å². The van der Waals surface area contributed by atoms with Crippen LogP contribution >= 0.6 is 0 Å². The SMILES string of the molecule is Cc1cc(C)cc(NC(=O)C2CCOC2OCCNC(C)C)c1. The van der Waals surface area contributed by atoms with Gasteiger partial charge in [-0.05, 0) is 43.5 Å². The number of nitrogens with one attached hydrogen (secondary N) is 2. The van der Waals surface area contributed by atoms with Crippen molar-refractivity contribution >= 4 is 11.6 Å². The first-order valence-electron chi connectivity index (χ1n) is 8.31. The van der Waals surface area contributed by atoms with Gasteiger partial charge in [-0.3, -0.25) is 4.79 Å². The number of hydrogen-bond acceptors (Lipinski definition) is 4. The molecule has 0 saturated carbocycles. The van der Waals surface area contributed by atoms with Crippen molar-refractivity contribution in [1.29, 1.82) is 0 Å². The first kappa shape index (κ1) is 17.9. The monoisotopic (exact) mass is 320 g/mol. The maximum atomic E-state index is 12.5. The van der Waals surface area contributed by atoms with Gasteiger partial charge in [-0.2, -0.15) is 0 Å². The number of rotatable bonds is 7. The first-order valence-corrected chi connectivity index (χ1v) is 8.31. The lowest BCUT2D eigenvalue weighted by Gasteiger charge is -2.19. The maximum absolute atomic E-state index is 12.5. The molecule has 0 aromatic heterocycles. The van der Waals surface area contributed by atoms with Gasteiger partial charge < -0.3 is 20.1 Å². The van der Waals surface area contributed by atoms with Gasteiger partial charge in [0.05, 0.1) is 19.1 Å². The summed E-state index contributed by atoms with van der Waals surface area (Å²) in [4.78, 5) is 12.5. The summed E-state index contributed by atoms with van der Waals surface area (Å²) in [5.74, 6) is -0.288. The van der Waals surface area contributed by atoms with E-state index in [-0.39, 0.29) is 11.8 Å². The number of amides is 1. The number of aryl methyl sites for hydroxylation is 2. The number of carbonyl (C=O) groups is 1. The van der Waals surface area contributed by atoms with Crippen LogP contribution in [0.3, 0.4) is 0 Å². The lowest BCUT2D eigenvalue weighted by Crippen LogP contribution is -2.34. The van der Waals surface area contributed by atoms with Crippen molar-refractivity contribution in [2.75, 3.05) is 25.1 Å². The van der Waals surface area contributed by atoms with E-state index in [9.17, 15) is 4.79 Å². The van der Waals surface area contributed by atoms with Crippen LogP contribution in [0.2, 0.25) is 0 Å². The molecule has 0 aliphatic carbocycles. The Hall–Kier alpha value is -1.43. The molecule has 2 unspecified atom stereocenters. The van der Waals surface area contributed by atoms with E-state index in [2.05, 4.69) is 30.5 Å². The summed E-state index contributed by atoms with van der Waals surface area (Å²) < 4.78 is 11.3. The van der Waals surface area contributed by atoms with Gasteiger partial charge in [-0.15, -0.1) is 0 Å². The van der Waals surface area contributed by atoms with Crippen molar-refractivity contribution < 1.29 is 14.3 Å². The van der Waals surface area contributed by atoms with Gasteiger partial charge in [0.2, 0.25) is 5.91 Å². The minimum absolute atomic E-state index is 0.0330. The summed E-state index contributed by atoms with van der Waals surface area (Å²) in [5, 5.41) is 6.27. The third-order valence-electron chi connectivity index (χ3n) is 3.80. The zero-order chi connectivity index (χ0) is 16.8. The highest BCUT2D eigenvalue weighted by Gasteiger charge is 2.34. The number of hydrogen-bond donors (Lipinski definition) is 2. The molecule has 2 N–H and O–H groups in total. The summed E-state index contributed by atoms with van der Waals surface area (Å²) in [6.45, 7) is 10.1. The van der Waals surface area contributed by atoms with Crippen molar-refractivity contribution in [1.82, 2.24) is 5.32 Å². The fraction of sp³-hybridized carbons (Fsp3) is 0.611. The number of carbonyl (C=O) groups excluding carboxylic acids is 1. The molecule has 1 aliphatic rings. The van der Waals surface area contributed by atoms with E-state index in [0.717, 1.165) is 23.4 Å². The molecule has 2 rings (SSSR count). The molecule has 1 amide bonds. The van der Waals surface area contributed by atoms with Crippen LogP contribution in [0.25, 0.3) is 0 Å². The fourth-order valence-corrected chi connectivity index (χ4v) is 2.79. The highest BCUT2D eigenvalue weighted by atomic mass is 16.7. The zero-order valence-electron chi connectivity index (χ0n) is 14.5. The Morgan fingerprint density at radius 3 is 2.65 bits per heavy atom. The van der Waals surface area contributed by atoms with Crippen LogP contribution in [0.15, 0.2) is 18.2 Å². The predicted molar refractivity (Wildman–Crippen MR) is 91.5 cm³/mol. The lowest BCUT2D eigenvalue weighted by atomic mass is 10.1. The van der Waals surface area contributed by atoms with Crippen LogP contribution in [-0.4, -0.2) is 38.0 Å². The van der Waals surface area contributed by atoms with E-state index in [0.29, 0.717) is 25.7 Å². The Kier molecular flexibility index (Phi) is 6.57. The van der Waals surface area contributed by atoms with E-state index >= 15 is 0 Å². The van der Waals surface area contributed by atoms with Crippen LogP contribution < -0.4 is 10.6 Å². The molecule has 128 valence electrons. The van der Waals surface area contributed by atoms with E-state index in [1.807, 2.05) is 26.0 Å². The smallest absolute Gasteiger partial charge is 0.232 e. The van der Waals surface area contributed by atoms with Crippen LogP contribution in [0.5, 0.6) is 0 Å². The molecule has 23 heavy (non-hydrogen) atoms. The highest BCUT2D eigenvalue weighted by molar-refractivity contribution is 5.93. The van der Waals surface area contributed by atoms with Gasteiger partial charge in [0.15, 0.2) is 6.29 Å². The molecule has 1 saturated heterocycles. The topological polar surface area (TPSA) is 59.6 Å². The summed E-state index contributed by atoms with van der Waals surface area (Å²) in [6, 6.07) is 6.46. The van der Waals surface area contributed by atoms with Crippen LogP contribution in [-0.2, 0) is 14.3 Å². The zero-order valence-corrected chi connectivity index (χ0v) is 14.5. The Balaban J connectivity index is 1.87. The van der Waals surface area contributed by atoms with Gasteiger partial charge in [0.25, 0.3) is 0 Å². The van der Waals surface area contributed by atoms with Crippen LogP contribution in [0.4, 0.5) is 5.69 Å². The highest BCUT2D eigenvalue weighted by Crippen LogP contribution is 2.24. The molecule has 2 atom stereocenters. The number of anilines is 1. The summed E-state index contributed by atoms with van der Waals surface area (Å²) >= 11 is 0. The van der Waals surface area contributed by atoms with Crippen molar-refractivity contribution in [3.63, 3.8) is 0 Å². The molecule has 1 aliphatic heterocycles. The van der Waals surface area contributed by atoms with Gasteiger partial charge in [0, 0.05) is 18.3 Å². The molecule has 1 heterocycles. The summed E-state index contributed by atoms with van der Waals surface area (Å²) in [6.07, 6.45) is 0.244. The first-order chi connectivity index (χ1) is 11.0. The Bertz CT molecular complexity index is 511. The van der Waals surface area contributed by atoms with Gasteiger partial charge in [0.1, 0.15) is 0 Å². The largest absolute Gasteiger partial charge is 0.352 e. The Morgan fingerprint density at radius 1 is 1.30 bits per heavy atom. The third-order valence-corrected chi connectivity index (χ3v) is 3.80. The summed E-state index contributed by atoms with van der Waals surface area (Å²) in [7, 11) is 0. The Morgan fingerprint density at radius 2 is 2.00 bits per heavy atom. The molecule has 0 radical (unpaired) electrons. The second kappa shape index (κ2) is 8.43. The average molecular weight is 320 g/mol. The normalized spacial score (nSPS) is 20.9. The van der Waals surface area contributed by atoms with Crippen LogP contribution in [0, 0.1) is 19.8 Å². The molecule has 5 nitrogen and oxygen atoms in total. The van der Waals surface area contributed by atoms with E-state index in [1.165, 1.54) is 0 Å². The predicted octanol–water partition coefficient (Wildman–Crippen LogP) is 2.62. The van der Waals surface area contributed by atoms with Crippen molar-refractivity contribution in [3.05, 3.63) is 29.3 Å². The number of benzene rings is 1. The van der Waals surface area contributed by atoms with E-state index in [1.54, 1.807) is 0 Å². The third kappa shape index (κ3) is 5.61. The van der Waals surface area contributed by atoms with Gasteiger partial charge in [-0.1, -0.05) is 19.9 Å². The standard InChI is InChI=1S/C18H28N2O3/c1-12(2)19-6-8-23-18-16(5-7-22-18)17(21)20-15-10-13(3)9-14(4)11-15/h9-12,16,18-19H,5-8H2,1-4H3,(H,20,21). The van der Waals surface area contributed by atoms with Crippen molar-refractivity contribution in [2.24, 2.45) is 5.92 Å². The maximum Gasteiger partial charge on any atom is 0.232 e. The van der Waals surface area contributed by atoms with E-state index in [4.69, 9.17) is 9.47 Å². The number of ether oxygens (including phenoxy) is 2. The quantitative estimate of drug-likeness (QED) is 0.758. The van der Waals surface area contributed by atoms with Crippen molar-refractivity contribution in [2.45, 2.75) is 46.4 Å². The molecule has 1 aromatic rings. The molecule has 0 spiro atoms. The minimum Gasteiger partial charge on any atom is -0.352 e. The molecular weight excluding hydrogens is 292 g/mol. The van der Waals surface area contributed by atoms with Crippen LogP contribution in [0.1, 0.15) is 31.4 Å². The molecule has 1 aromatic carbocycles. The lowest BCUT2D eigenvalue weighted by molar-refractivity contribution is -0.146. The minimum atomic E-state index is -0.449. The second-order valence-electron chi connectivity index (χ2n) is 6.48. The molecule has 1 fully saturated rings. The Labute approximate surface area is 138 Å². The molecule has 0 bridgehead atoms. The van der Waals surface area contributed by atoms with Crippen molar-refractivity contribution in [3.8, 4) is 0 Å². The fourth-order valence-electron chi connectivity index (χ4n) is 2.79. The summed E-state index contributed by atoms with van der Waals surface area (Å²) in [5.41, 5.74) is 3.10.